The monoisotopic (exact) mass is 187 g/mol. The van der Waals surface area contributed by atoms with E-state index in [9.17, 15) is 4.79 Å². The van der Waals surface area contributed by atoms with E-state index in [0.29, 0.717) is 19.6 Å². The molecule has 0 unspecified atom stereocenters. The van der Waals surface area contributed by atoms with Gasteiger partial charge in [-0.05, 0) is 13.3 Å². The van der Waals surface area contributed by atoms with Crippen molar-refractivity contribution in [3.8, 4) is 0 Å². The third-order valence-electron chi connectivity index (χ3n) is 1.74. The number of unbranched alkanes of at least 4 members (excludes halogenated alkanes) is 2. The second kappa shape index (κ2) is 9.52. The van der Waals surface area contributed by atoms with Crippen molar-refractivity contribution in [2.75, 3.05) is 19.8 Å². The number of amides is 1. The number of carbonyl (C=O) groups is 1. The molecule has 1 N–H and O–H groups in total. The molecular weight excluding hydrogens is 166 g/mol. The van der Waals surface area contributed by atoms with E-state index in [1.165, 1.54) is 12.8 Å². The topological polar surface area (TPSA) is 38.3 Å². The molecule has 3 nitrogen and oxygen atoms in total. The molecule has 0 rings (SSSR count). The van der Waals surface area contributed by atoms with Crippen molar-refractivity contribution in [1.29, 1.82) is 0 Å². The van der Waals surface area contributed by atoms with Crippen LogP contribution in [0, 0.1) is 0 Å². The summed E-state index contributed by atoms with van der Waals surface area (Å²) in [4.78, 5) is 10.9. The van der Waals surface area contributed by atoms with Gasteiger partial charge in [0, 0.05) is 19.6 Å². The van der Waals surface area contributed by atoms with Crippen molar-refractivity contribution >= 4 is 5.91 Å². The molecule has 0 spiro atoms. The first-order chi connectivity index (χ1) is 6.31. The third-order valence-corrected chi connectivity index (χ3v) is 1.74. The number of ether oxygens (including phenoxy) is 1. The third kappa shape index (κ3) is 9.34. The highest BCUT2D eigenvalue weighted by Gasteiger charge is 1.97. The zero-order valence-corrected chi connectivity index (χ0v) is 8.77. The maximum absolute atomic E-state index is 10.9. The minimum absolute atomic E-state index is 0.0815. The molecule has 0 atom stereocenters. The van der Waals surface area contributed by atoms with E-state index in [1.807, 2.05) is 6.92 Å². The van der Waals surface area contributed by atoms with E-state index in [0.717, 1.165) is 13.0 Å². The van der Waals surface area contributed by atoms with Crippen LogP contribution in [0.5, 0.6) is 0 Å². The normalized spacial score (nSPS) is 10.0. The highest BCUT2D eigenvalue weighted by molar-refractivity contribution is 5.75. The minimum atomic E-state index is 0.0815. The fourth-order valence-corrected chi connectivity index (χ4v) is 1.01. The molecule has 0 aromatic rings. The molecule has 0 aliphatic carbocycles. The molecule has 0 aromatic carbocycles. The summed E-state index contributed by atoms with van der Waals surface area (Å²) >= 11 is 0. The van der Waals surface area contributed by atoms with Crippen LogP contribution in [0.1, 0.15) is 39.5 Å². The van der Waals surface area contributed by atoms with E-state index < -0.39 is 0 Å². The molecule has 0 fully saturated rings. The van der Waals surface area contributed by atoms with Crippen molar-refractivity contribution in [2.24, 2.45) is 0 Å². The van der Waals surface area contributed by atoms with E-state index in [2.05, 4.69) is 12.2 Å². The summed E-state index contributed by atoms with van der Waals surface area (Å²) in [5, 5.41) is 2.73. The summed E-state index contributed by atoms with van der Waals surface area (Å²) < 4.78 is 5.29. The summed E-state index contributed by atoms with van der Waals surface area (Å²) in [5.74, 6) is 0.0815. The summed E-state index contributed by atoms with van der Waals surface area (Å²) in [6, 6.07) is 0. The van der Waals surface area contributed by atoms with E-state index >= 15 is 0 Å². The van der Waals surface area contributed by atoms with Gasteiger partial charge < -0.3 is 10.1 Å². The average Bonchev–Trinajstić information content (AvgIpc) is 2.11. The van der Waals surface area contributed by atoms with Crippen molar-refractivity contribution in [3.05, 3.63) is 0 Å². The lowest BCUT2D eigenvalue weighted by atomic mass is 10.3. The van der Waals surface area contributed by atoms with Crippen LogP contribution in [-0.4, -0.2) is 25.7 Å². The predicted octanol–water partition coefficient (Wildman–Crippen LogP) is 1.72. The first-order valence-electron chi connectivity index (χ1n) is 5.15. The fraction of sp³-hybridized carbons (Fsp3) is 0.900. The summed E-state index contributed by atoms with van der Waals surface area (Å²) in [5.41, 5.74) is 0. The van der Waals surface area contributed by atoms with E-state index in [-0.39, 0.29) is 5.91 Å². The Morgan fingerprint density at radius 2 is 2.00 bits per heavy atom. The van der Waals surface area contributed by atoms with Crippen LogP contribution in [0.4, 0.5) is 0 Å². The van der Waals surface area contributed by atoms with Gasteiger partial charge in [-0.1, -0.05) is 19.8 Å². The van der Waals surface area contributed by atoms with Gasteiger partial charge >= 0.3 is 0 Å². The van der Waals surface area contributed by atoms with Gasteiger partial charge in [0.2, 0.25) is 5.91 Å². The van der Waals surface area contributed by atoms with E-state index in [4.69, 9.17) is 4.74 Å². The van der Waals surface area contributed by atoms with Crippen LogP contribution in [-0.2, 0) is 9.53 Å². The Balaban J connectivity index is 3.02. The maximum Gasteiger partial charge on any atom is 0.222 e. The van der Waals surface area contributed by atoms with Crippen molar-refractivity contribution < 1.29 is 9.53 Å². The molecule has 0 aromatic heterocycles. The first kappa shape index (κ1) is 12.4. The zero-order valence-electron chi connectivity index (χ0n) is 8.77. The quantitative estimate of drug-likeness (QED) is 0.588. The van der Waals surface area contributed by atoms with Crippen molar-refractivity contribution in [3.63, 3.8) is 0 Å². The molecule has 0 aliphatic heterocycles. The van der Waals surface area contributed by atoms with Gasteiger partial charge in [-0.3, -0.25) is 4.79 Å². The lowest BCUT2D eigenvalue weighted by Gasteiger charge is -2.03. The second-order valence-corrected chi connectivity index (χ2v) is 3.02. The molecule has 3 heteroatoms. The summed E-state index contributed by atoms with van der Waals surface area (Å²) in [6.45, 7) is 6.12. The Hall–Kier alpha value is -0.570. The molecule has 0 radical (unpaired) electrons. The van der Waals surface area contributed by atoms with Gasteiger partial charge in [0.1, 0.15) is 0 Å². The Bertz CT molecular complexity index is 126. The molecule has 0 aliphatic rings. The Kier molecular flexibility index (Phi) is 9.10. The SMILES string of the molecule is CCCCCOCCC(=O)NCC. The van der Waals surface area contributed by atoms with Crippen LogP contribution < -0.4 is 5.32 Å². The molecule has 1 amide bonds. The summed E-state index contributed by atoms with van der Waals surface area (Å²) in [6.07, 6.45) is 4.01. The van der Waals surface area contributed by atoms with Crippen molar-refractivity contribution in [2.45, 2.75) is 39.5 Å². The lowest BCUT2D eigenvalue weighted by molar-refractivity contribution is -0.122. The van der Waals surface area contributed by atoms with Crippen LogP contribution in [0.2, 0.25) is 0 Å². The second-order valence-electron chi connectivity index (χ2n) is 3.02. The highest BCUT2D eigenvalue weighted by Crippen LogP contribution is 1.94. The van der Waals surface area contributed by atoms with E-state index in [1.54, 1.807) is 0 Å². The number of carbonyl (C=O) groups excluding carboxylic acids is 1. The van der Waals surface area contributed by atoms with Gasteiger partial charge in [0.25, 0.3) is 0 Å². The Labute approximate surface area is 80.8 Å². The largest absolute Gasteiger partial charge is 0.381 e. The first-order valence-corrected chi connectivity index (χ1v) is 5.15. The number of hydrogen-bond acceptors (Lipinski definition) is 2. The Morgan fingerprint density at radius 3 is 2.62 bits per heavy atom. The van der Waals surface area contributed by atoms with Crippen molar-refractivity contribution in [1.82, 2.24) is 5.32 Å². The Morgan fingerprint density at radius 1 is 1.23 bits per heavy atom. The summed E-state index contributed by atoms with van der Waals surface area (Å²) in [7, 11) is 0. The van der Waals surface area contributed by atoms with Gasteiger partial charge in [0.05, 0.1) is 6.61 Å². The zero-order chi connectivity index (χ0) is 9.94. The number of hydrogen-bond donors (Lipinski definition) is 1. The lowest BCUT2D eigenvalue weighted by Crippen LogP contribution is -2.23. The molecular formula is C10H21NO2. The predicted molar refractivity (Wildman–Crippen MR) is 53.6 cm³/mol. The molecule has 78 valence electrons. The smallest absolute Gasteiger partial charge is 0.222 e. The molecule has 0 heterocycles. The number of rotatable bonds is 8. The molecule has 0 bridgehead atoms. The van der Waals surface area contributed by atoms with Crippen LogP contribution >= 0.6 is 0 Å². The van der Waals surface area contributed by atoms with Gasteiger partial charge in [0.15, 0.2) is 0 Å². The van der Waals surface area contributed by atoms with Crippen LogP contribution in [0.25, 0.3) is 0 Å². The van der Waals surface area contributed by atoms with Crippen LogP contribution in [0.15, 0.2) is 0 Å². The average molecular weight is 187 g/mol. The molecule has 0 saturated heterocycles. The maximum atomic E-state index is 10.9. The minimum Gasteiger partial charge on any atom is -0.381 e. The molecule has 0 saturated carbocycles. The highest BCUT2D eigenvalue weighted by atomic mass is 16.5. The standard InChI is InChI=1S/C10H21NO2/c1-3-5-6-8-13-9-7-10(12)11-4-2/h3-9H2,1-2H3,(H,11,12). The van der Waals surface area contributed by atoms with Gasteiger partial charge in [-0.2, -0.15) is 0 Å². The van der Waals surface area contributed by atoms with Gasteiger partial charge in [-0.15, -0.1) is 0 Å². The van der Waals surface area contributed by atoms with Crippen LogP contribution in [0.3, 0.4) is 0 Å². The fourth-order valence-electron chi connectivity index (χ4n) is 1.01. The van der Waals surface area contributed by atoms with Gasteiger partial charge in [-0.25, -0.2) is 0 Å². The number of nitrogens with one attached hydrogen (secondary N) is 1. The molecule has 13 heavy (non-hydrogen) atoms.